The Morgan fingerprint density at radius 2 is 1.66 bits per heavy atom. The van der Waals surface area contributed by atoms with E-state index in [1.807, 2.05) is 18.2 Å². The molecule has 188 valence electrons. The average molecular weight is 480 g/mol. The quantitative estimate of drug-likeness (QED) is 0.207. The van der Waals surface area contributed by atoms with Gasteiger partial charge < -0.3 is 19.9 Å². The zero-order valence-electron chi connectivity index (χ0n) is 21.1. The van der Waals surface area contributed by atoms with Gasteiger partial charge in [-0.15, -0.1) is 0 Å². The Hall–Kier alpha value is -3.30. The first-order valence-electron chi connectivity index (χ1n) is 12.3. The van der Waals surface area contributed by atoms with E-state index in [-0.39, 0.29) is 17.9 Å². The summed E-state index contributed by atoms with van der Waals surface area (Å²) in [4.78, 5) is 23.1. The van der Waals surface area contributed by atoms with Crippen molar-refractivity contribution in [3.05, 3.63) is 64.2 Å². The van der Waals surface area contributed by atoms with E-state index in [9.17, 15) is 14.7 Å². The number of benzene rings is 2. The minimum atomic E-state index is -1.11. The van der Waals surface area contributed by atoms with E-state index in [0.717, 1.165) is 23.1 Å². The number of hydrogen-bond donors (Lipinski definition) is 2. The first-order valence-corrected chi connectivity index (χ1v) is 12.3. The fraction of sp³-hybridized carbons (Fsp3) is 0.448. The molecule has 2 aromatic carbocycles. The molecule has 0 aliphatic heterocycles. The predicted molar refractivity (Wildman–Crippen MR) is 138 cm³/mol. The van der Waals surface area contributed by atoms with Crippen LogP contribution in [0.15, 0.2) is 36.4 Å². The molecule has 0 spiro atoms. The van der Waals surface area contributed by atoms with Crippen LogP contribution in [0.3, 0.4) is 0 Å². The molecule has 0 saturated heterocycles. The molecule has 0 saturated carbocycles. The molecule has 0 amide bonds. The van der Waals surface area contributed by atoms with Gasteiger partial charge >= 0.3 is 11.9 Å². The van der Waals surface area contributed by atoms with Gasteiger partial charge in [0.15, 0.2) is 6.61 Å². The predicted octanol–water partition coefficient (Wildman–Crippen LogP) is 5.64. The monoisotopic (exact) mass is 479 g/mol. The maximum absolute atomic E-state index is 11.7. The Morgan fingerprint density at radius 3 is 2.34 bits per heavy atom. The summed E-state index contributed by atoms with van der Waals surface area (Å²) in [5.41, 5.74) is 3.63. The van der Waals surface area contributed by atoms with Crippen LogP contribution >= 0.6 is 0 Å². The molecule has 0 aromatic heterocycles. The molecule has 0 unspecified atom stereocenters. The zero-order valence-corrected chi connectivity index (χ0v) is 21.1. The van der Waals surface area contributed by atoms with E-state index in [2.05, 4.69) is 41.0 Å². The molecule has 0 aliphatic carbocycles. The van der Waals surface area contributed by atoms with Crippen molar-refractivity contribution in [1.82, 2.24) is 5.32 Å². The van der Waals surface area contributed by atoms with Crippen LogP contribution in [0.25, 0.3) is 0 Å². The van der Waals surface area contributed by atoms with Crippen LogP contribution in [0.1, 0.15) is 84.5 Å². The lowest BCUT2D eigenvalue weighted by Crippen LogP contribution is -2.16. The van der Waals surface area contributed by atoms with E-state index in [4.69, 9.17) is 4.74 Å². The first-order chi connectivity index (χ1) is 16.9. The van der Waals surface area contributed by atoms with Crippen molar-refractivity contribution in [2.24, 2.45) is 0 Å². The molecule has 0 fully saturated rings. The highest BCUT2D eigenvalue weighted by Crippen LogP contribution is 2.26. The van der Waals surface area contributed by atoms with Crippen LogP contribution in [0.2, 0.25) is 0 Å². The Morgan fingerprint density at radius 1 is 0.971 bits per heavy atom. The summed E-state index contributed by atoms with van der Waals surface area (Å²) >= 11 is 0. The van der Waals surface area contributed by atoms with Gasteiger partial charge in [-0.3, -0.25) is 0 Å². The Kier molecular flexibility index (Phi) is 12.4. The molecule has 6 heteroatoms. The van der Waals surface area contributed by atoms with E-state index < -0.39 is 11.9 Å². The van der Waals surface area contributed by atoms with Crippen LogP contribution in [0.4, 0.5) is 0 Å². The highest BCUT2D eigenvalue weighted by molar-refractivity contribution is 5.92. The summed E-state index contributed by atoms with van der Waals surface area (Å²) in [5.74, 6) is 5.01. The van der Waals surface area contributed by atoms with Crippen LogP contribution in [-0.4, -0.2) is 30.8 Å². The fourth-order valence-corrected chi connectivity index (χ4v) is 3.71. The summed E-state index contributed by atoms with van der Waals surface area (Å²) in [5, 5.41) is 12.9. The SMILES string of the molecule is CCCCCCCCC#Cc1ccc(CNCc2cc(C)c(OCC(=O)OC)c(C(=O)O)c2)cc1. The molecule has 2 rings (SSSR count). The molecule has 0 bridgehead atoms. The first kappa shape index (κ1) is 27.9. The van der Waals surface area contributed by atoms with Crippen LogP contribution in [-0.2, 0) is 22.6 Å². The minimum absolute atomic E-state index is 0.0228. The molecule has 2 aromatic rings. The number of carbonyl (C=O) groups excluding carboxylic acids is 1. The third-order valence-corrected chi connectivity index (χ3v) is 5.63. The largest absolute Gasteiger partial charge is 0.481 e. The third-order valence-electron chi connectivity index (χ3n) is 5.63. The standard InChI is InChI=1S/C29H37NO5/c1-4-5-6-7-8-9-10-11-12-23-13-15-24(16-14-23)19-30-20-25-17-22(2)28(26(18-25)29(32)33)35-21-27(31)34-3/h13-18,30H,4-10,19-21H2,1-3H3,(H,32,33). The second kappa shape index (κ2) is 15.6. The normalized spacial score (nSPS) is 10.4. The topological polar surface area (TPSA) is 84.9 Å². The van der Waals surface area contributed by atoms with Crippen molar-refractivity contribution in [2.75, 3.05) is 13.7 Å². The van der Waals surface area contributed by atoms with Gasteiger partial charge in [0, 0.05) is 25.1 Å². The Labute approximate surface area is 209 Å². The van der Waals surface area contributed by atoms with Gasteiger partial charge in [0.1, 0.15) is 11.3 Å². The maximum Gasteiger partial charge on any atom is 0.343 e. The van der Waals surface area contributed by atoms with E-state index in [1.54, 1.807) is 13.0 Å². The van der Waals surface area contributed by atoms with Gasteiger partial charge in [-0.05, 0) is 48.2 Å². The van der Waals surface area contributed by atoms with E-state index >= 15 is 0 Å². The van der Waals surface area contributed by atoms with Gasteiger partial charge in [0.25, 0.3) is 0 Å². The van der Waals surface area contributed by atoms with Crippen molar-refractivity contribution in [3.8, 4) is 17.6 Å². The van der Waals surface area contributed by atoms with E-state index in [1.165, 1.54) is 45.6 Å². The number of aromatic carboxylic acids is 1. The molecule has 0 heterocycles. The summed E-state index contributed by atoms with van der Waals surface area (Å²) in [6.45, 7) is 4.80. The molecular formula is C29H37NO5. The number of ether oxygens (including phenoxy) is 2. The summed E-state index contributed by atoms with van der Waals surface area (Å²) < 4.78 is 9.95. The third kappa shape index (κ3) is 10.2. The van der Waals surface area contributed by atoms with Crippen molar-refractivity contribution in [1.29, 1.82) is 0 Å². The lowest BCUT2D eigenvalue weighted by molar-refractivity contribution is -0.142. The number of hydrogen-bond acceptors (Lipinski definition) is 5. The van der Waals surface area contributed by atoms with Crippen molar-refractivity contribution in [3.63, 3.8) is 0 Å². The maximum atomic E-state index is 11.7. The molecule has 6 nitrogen and oxygen atoms in total. The molecule has 0 radical (unpaired) electrons. The molecular weight excluding hydrogens is 442 g/mol. The zero-order chi connectivity index (χ0) is 25.5. The highest BCUT2D eigenvalue weighted by atomic mass is 16.6. The molecule has 35 heavy (non-hydrogen) atoms. The van der Waals surface area contributed by atoms with Gasteiger partial charge in [-0.1, -0.05) is 69.1 Å². The van der Waals surface area contributed by atoms with Crippen molar-refractivity contribution < 1.29 is 24.2 Å². The number of carbonyl (C=O) groups is 2. The molecule has 0 aliphatic rings. The van der Waals surface area contributed by atoms with Gasteiger partial charge in [0.05, 0.1) is 7.11 Å². The lowest BCUT2D eigenvalue weighted by atomic mass is 10.0. The van der Waals surface area contributed by atoms with Crippen LogP contribution in [0, 0.1) is 18.8 Å². The van der Waals surface area contributed by atoms with Crippen molar-refractivity contribution in [2.45, 2.75) is 71.9 Å². The number of esters is 1. The van der Waals surface area contributed by atoms with E-state index in [0.29, 0.717) is 18.7 Å². The van der Waals surface area contributed by atoms with Gasteiger partial charge in [-0.2, -0.15) is 0 Å². The van der Waals surface area contributed by atoms with Gasteiger partial charge in [-0.25, -0.2) is 9.59 Å². The number of aryl methyl sites for hydroxylation is 1. The lowest BCUT2D eigenvalue weighted by Gasteiger charge is -2.14. The molecule has 0 atom stereocenters. The van der Waals surface area contributed by atoms with Crippen LogP contribution in [0.5, 0.6) is 5.75 Å². The number of unbranched alkanes of at least 4 members (excludes halogenated alkanes) is 6. The summed E-state index contributed by atoms with van der Waals surface area (Å²) in [6, 6.07) is 11.6. The van der Waals surface area contributed by atoms with Crippen molar-refractivity contribution >= 4 is 11.9 Å². The smallest absolute Gasteiger partial charge is 0.343 e. The Bertz CT molecular complexity index is 1020. The number of nitrogens with one attached hydrogen (secondary N) is 1. The Balaban J connectivity index is 1.84. The second-order valence-corrected chi connectivity index (χ2v) is 8.58. The number of carboxylic acids is 1. The fourth-order valence-electron chi connectivity index (χ4n) is 3.71. The summed E-state index contributed by atoms with van der Waals surface area (Å²) in [7, 11) is 1.25. The van der Waals surface area contributed by atoms with Gasteiger partial charge in [0.2, 0.25) is 0 Å². The number of carboxylic acid groups (broad SMARTS) is 1. The average Bonchev–Trinajstić information content (AvgIpc) is 2.85. The summed E-state index contributed by atoms with van der Waals surface area (Å²) in [6.07, 6.45) is 8.61. The number of methoxy groups -OCH3 is 1. The number of rotatable bonds is 14. The minimum Gasteiger partial charge on any atom is -0.481 e. The highest BCUT2D eigenvalue weighted by Gasteiger charge is 2.17. The molecule has 2 N–H and O–H groups in total. The van der Waals surface area contributed by atoms with Crippen LogP contribution < -0.4 is 10.1 Å². The second-order valence-electron chi connectivity index (χ2n) is 8.58.